The van der Waals surface area contributed by atoms with Gasteiger partial charge < -0.3 is 9.88 Å². The number of rotatable bonds is 3. The van der Waals surface area contributed by atoms with Crippen molar-refractivity contribution in [3.05, 3.63) is 38.8 Å². The van der Waals surface area contributed by atoms with Gasteiger partial charge in [-0.25, -0.2) is 5.10 Å². The molecule has 3 heterocycles. The molecule has 1 amide bonds. The highest BCUT2D eigenvalue weighted by atomic mass is 16.2. The highest BCUT2D eigenvalue weighted by molar-refractivity contribution is 5.95. The number of H-pyrrole nitrogens is 1. The average Bonchev–Trinajstić information content (AvgIpc) is 2.94. The molecule has 1 aliphatic heterocycles. The molecule has 0 spiro atoms. The molecule has 3 rings (SSSR count). The van der Waals surface area contributed by atoms with Crippen LogP contribution >= 0.6 is 0 Å². The monoisotopic (exact) mass is 330 g/mol. The van der Waals surface area contributed by atoms with Gasteiger partial charge in [-0.05, 0) is 25.8 Å². The van der Waals surface area contributed by atoms with Crippen molar-refractivity contribution in [3.63, 3.8) is 0 Å². The van der Waals surface area contributed by atoms with E-state index in [1.165, 1.54) is 0 Å². The number of aromatic amines is 1. The lowest BCUT2D eigenvalue weighted by Gasteiger charge is -2.26. The van der Waals surface area contributed by atoms with Crippen molar-refractivity contribution in [1.82, 2.24) is 30.3 Å². The van der Waals surface area contributed by atoms with Crippen LogP contribution in [0.3, 0.4) is 0 Å². The Morgan fingerprint density at radius 2 is 2.08 bits per heavy atom. The fourth-order valence-electron chi connectivity index (χ4n) is 3.05. The number of aromatic nitrogens is 5. The maximum Gasteiger partial charge on any atom is 0.277 e. The van der Waals surface area contributed by atoms with Crippen molar-refractivity contribution in [1.29, 1.82) is 0 Å². The summed E-state index contributed by atoms with van der Waals surface area (Å²) in [5.74, 6) is 1.80. The van der Waals surface area contributed by atoms with Gasteiger partial charge in [0.25, 0.3) is 11.5 Å². The van der Waals surface area contributed by atoms with E-state index in [2.05, 4.69) is 44.1 Å². The Morgan fingerprint density at radius 1 is 1.33 bits per heavy atom. The smallest absolute Gasteiger partial charge is 0.277 e. The summed E-state index contributed by atoms with van der Waals surface area (Å²) in [6.07, 6.45) is 1.54. The van der Waals surface area contributed by atoms with Gasteiger partial charge in [0.1, 0.15) is 17.2 Å². The SMILES string of the molecule is Cc1n[nH]c(=O)c(C(=O)N[C@H]2CCc3nnc(C(C)C)n3C2)c1C. The Kier molecular flexibility index (Phi) is 4.21. The maximum atomic E-state index is 12.6. The summed E-state index contributed by atoms with van der Waals surface area (Å²) in [5.41, 5.74) is 0.937. The topological polar surface area (TPSA) is 106 Å². The molecule has 0 aromatic carbocycles. The van der Waals surface area contributed by atoms with Gasteiger partial charge in [0, 0.05) is 24.9 Å². The number of hydrogen-bond acceptors (Lipinski definition) is 5. The number of nitrogens with one attached hydrogen (secondary N) is 2. The fourth-order valence-corrected chi connectivity index (χ4v) is 3.05. The molecule has 0 unspecified atom stereocenters. The zero-order chi connectivity index (χ0) is 17.4. The molecule has 0 saturated carbocycles. The fraction of sp³-hybridized carbons (Fsp3) is 0.562. The van der Waals surface area contributed by atoms with Gasteiger partial charge in [-0.15, -0.1) is 10.2 Å². The summed E-state index contributed by atoms with van der Waals surface area (Å²) in [4.78, 5) is 24.5. The van der Waals surface area contributed by atoms with E-state index in [-0.39, 0.29) is 23.4 Å². The van der Waals surface area contributed by atoms with E-state index in [9.17, 15) is 9.59 Å². The number of carbonyl (C=O) groups is 1. The molecule has 8 heteroatoms. The lowest BCUT2D eigenvalue weighted by Crippen LogP contribution is -2.43. The summed E-state index contributed by atoms with van der Waals surface area (Å²) in [6, 6.07) is -0.0502. The molecule has 0 aliphatic carbocycles. The summed E-state index contributed by atoms with van der Waals surface area (Å²) in [7, 11) is 0. The van der Waals surface area contributed by atoms with Gasteiger partial charge in [0.15, 0.2) is 0 Å². The van der Waals surface area contributed by atoms with E-state index >= 15 is 0 Å². The first-order valence-electron chi connectivity index (χ1n) is 8.17. The third kappa shape index (κ3) is 2.83. The predicted molar refractivity (Wildman–Crippen MR) is 88.0 cm³/mol. The van der Waals surface area contributed by atoms with Crippen molar-refractivity contribution >= 4 is 5.91 Å². The van der Waals surface area contributed by atoms with Crippen LogP contribution < -0.4 is 10.9 Å². The Morgan fingerprint density at radius 3 is 2.79 bits per heavy atom. The molecule has 0 saturated heterocycles. The third-order valence-corrected chi connectivity index (χ3v) is 4.52. The first-order valence-corrected chi connectivity index (χ1v) is 8.17. The van der Waals surface area contributed by atoms with E-state index in [1.54, 1.807) is 13.8 Å². The second-order valence-electron chi connectivity index (χ2n) is 6.59. The number of aryl methyl sites for hydroxylation is 2. The number of amides is 1. The molecule has 2 aromatic rings. The van der Waals surface area contributed by atoms with Gasteiger partial charge in [-0.2, -0.15) is 5.10 Å². The molecule has 2 aromatic heterocycles. The van der Waals surface area contributed by atoms with Crippen LogP contribution in [-0.4, -0.2) is 36.9 Å². The highest BCUT2D eigenvalue weighted by Gasteiger charge is 2.26. The van der Waals surface area contributed by atoms with Crippen LogP contribution in [0.1, 0.15) is 59.5 Å². The van der Waals surface area contributed by atoms with E-state index < -0.39 is 5.56 Å². The van der Waals surface area contributed by atoms with Crippen molar-refractivity contribution in [3.8, 4) is 0 Å². The zero-order valence-electron chi connectivity index (χ0n) is 14.4. The quantitative estimate of drug-likeness (QED) is 0.868. The van der Waals surface area contributed by atoms with Crippen LogP contribution in [0.5, 0.6) is 0 Å². The van der Waals surface area contributed by atoms with Gasteiger partial charge in [0.05, 0.1) is 5.69 Å². The van der Waals surface area contributed by atoms with Crippen LogP contribution in [0, 0.1) is 13.8 Å². The lowest BCUT2D eigenvalue weighted by atomic mass is 10.0. The van der Waals surface area contributed by atoms with E-state index in [4.69, 9.17) is 0 Å². The minimum Gasteiger partial charge on any atom is -0.347 e. The molecular weight excluding hydrogens is 308 g/mol. The molecule has 0 bridgehead atoms. The summed E-state index contributed by atoms with van der Waals surface area (Å²) in [6.45, 7) is 8.27. The van der Waals surface area contributed by atoms with Crippen molar-refractivity contribution in [2.45, 2.75) is 59.0 Å². The maximum absolute atomic E-state index is 12.6. The summed E-state index contributed by atoms with van der Waals surface area (Å²) < 4.78 is 2.08. The first kappa shape index (κ1) is 16.4. The average molecular weight is 330 g/mol. The number of hydrogen-bond donors (Lipinski definition) is 2. The summed E-state index contributed by atoms with van der Waals surface area (Å²) in [5, 5.41) is 17.7. The Bertz CT molecular complexity index is 836. The zero-order valence-corrected chi connectivity index (χ0v) is 14.4. The normalized spacial score (nSPS) is 17.0. The minimum atomic E-state index is -0.459. The second kappa shape index (κ2) is 6.18. The van der Waals surface area contributed by atoms with Gasteiger partial charge in [-0.1, -0.05) is 13.8 Å². The van der Waals surface area contributed by atoms with Crippen LogP contribution in [0.4, 0.5) is 0 Å². The largest absolute Gasteiger partial charge is 0.347 e. The van der Waals surface area contributed by atoms with E-state index in [0.717, 1.165) is 24.5 Å². The van der Waals surface area contributed by atoms with Gasteiger partial charge >= 0.3 is 0 Å². The predicted octanol–water partition coefficient (Wildman–Crippen LogP) is 0.846. The Labute approximate surface area is 139 Å². The van der Waals surface area contributed by atoms with E-state index in [1.807, 2.05) is 0 Å². The van der Waals surface area contributed by atoms with Crippen LogP contribution in [-0.2, 0) is 13.0 Å². The number of carbonyl (C=O) groups excluding carboxylic acids is 1. The van der Waals surface area contributed by atoms with Crippen molar-refractivity contribution in [2.24, 2.45) is 0 Å². The van der Waals surface area contributed by atoms with Crippen LogP contribution in [0.15, 0.2) is 4.79 Å². The summed E-state index contributed by atoms with van der Waals surface area (Å²) >= 11 is 0. The molecule has 1 atom stereocenters. The minimum absolute atomic E-state index is 0.0502. The van der Waals surface area contributed by atoms with E-state index in [0.29, 0.717) is 17.8 Å². The molecule has 0 radical (unpaired) electrons. The van der Waals surface area contributed by atoms with Crippen LogP contribution in [0.2, 0.25) is 0 Å². The molecule has 2 N–H and O–H groups in total. The molecule has 1 aliphatic rings. The third-order valence-electron chi connectivity index (χ3n) is 4.52. The first-order chi connectivity index (χ1) is 11.4. The Hall–Kier alpha value is -2.51. The van der Waals surface area contributed by atoms with Gasteiger partial charge in [0.2, 0.25) is 0 Å². The number of fused-ring (bicyclic) bond motifs is 1. The lowest BCUT2D eigenvalue weighted by molar-refractivity contribution is 0.0924. The van der Waals surface area contributed by atoms with Crippen molar-refractivity contribution in [2.75, 3.05) is 0 Å². The van der Waals surface area contributed by atoms with Gasteiger partial charge in [-0.3, -0.25) is 9.59 Å². The molecule has 128 valence electrons. The highest BCUT2D eigenvalue weighted by Crippen LogP contribution is 2.20. The standard InChI is InChI=1S/C16H22N6O2/c1-8(2)14-20-19-12-6-5-11(7-22(12)14)17-15(23)13-9(3)10(4)18-21-16(13)24/h8,11H,5-7H2,1-4H3,(H,17,23)(H,21,24)/t11-/m0/s1. The van der Waals surface area contributed by atoms with Crippen molar-refractivity contribution < 1.29 is 4.79 Å². The molecular formula is C16H22N6O2. The number of nitrogens with zero attached hydrogens (tertiary/aromatic N) is 4. The molecule has 8 nitrogen and oxygen atoms in total. The van der Waals surface area contributed by atoms with Crippen LogP contribution in [0.25, 0.3) is 0 Å². The molecule has 0 fully saturated rings. The molecule has 24 heavy (non-hydrogen) atoms. The second-order valence-corrected chi connectivity index (χ2v) is 6.59. The Balaban J connectivity index is 1.81.